The number of aliphatic imine (C=N–C) groups is 1. The van der Waals surface area contributed by atoms with Crippen molar-refractivity contribution in [2.24, 2.45) is 4.99 Å². The molecule has 0 atom stereocenters. The van der Waals surface area contributed by atoms with E-state index in [2.05, 4.69) is 15.1 Å². The topological polar surface area (TPSA) is 81.5 Å². The number of hydrogen-bond acceptors (Lipinski definition) is 6. The minimum Gasteiger partial charge on any atom is -0.354 e. The van der Waals surface area contributed by atoms with Crippen molar-refractivity contribution in [3.05, 3.63) is 45.9 Å². The number of ether oxygens (including phenoxy) is 2. The molecule has 1 aromatic carbocycles. The molecule has 132 valence electrons. The molecule has 0 bridgehead atoms. The quantitative estimate of drug-likeness (QED) is 0.541. The van der Waals surface area contributed by atoms with Crippen LogP contribution in [0.3, 0.4) is 0 Å². The third-order valence-corrected chi connectivity index (χ3v) is 4.93. The van der Waals surface area contributed by atoms with Crippen LogP contribution >= 0.6 is 11.3 Å². The average Bonchev–Trinajstić information content (AvgIpc) is 3.16. The van der Waals surface area contributed by atoms with E-state index in [0.717, 1.165) is 15.9 Å². The van der Waals surface area contributed by atoms with Gasteiger partial charge in [-0.05, 0) is 26.0 Å². The minimum atomic E-state index is -0.430. The van der Waals surface area contributed by atoms with Gasteiger partial charge in [0.2, 0.25) is 5.13 Å². The van der Waals surface area contributed by atoms with Crippen molar-refractivity contribution in [1.82, 2.24) is 14.8 Å². The largest absolute Gasteiger partial charge is 0.354 e. The second-order valence-electron chi connectivity index (χ2n) is 5.54. The summed E-state index contributed by atoms with van der Waals surface area (Å²) in [5, 5.41) is 3.71. The second kappa shape index (κ2) is 7.30. The number of aromatic amines is 1. The van der Waals surface area contributed by atoms with Crippen LogP contribution in [-0.2, 0) is 9.47 Å². The van der Waals surface area contributed by atoms with Gasteiger partial charge in [0.15, 0.2) is 6.29 Å². The van der Waals surface area contributed by atoms with Crippen LogP contribution in [0.1, 0.15) is 18.2 Å². The fraction of sp³-hybridized carbons (Fsp3) is 0.353. The zero-order valence-electron chi connectivity index (χ0n) is 14.6. The summed E-state index contributed by atoms with van der Waals surface area (Å²) >= 11 is 1.46. The standard InChI is InChI=1S/C17H20N4O3S/c1-10(18-9-14(23-3)24-4)15-11(2)20-21(16(15)22)17-19-12-7-5-6-8-13(12)25-17/h5-8,14,20H,9H2,1-4H3. The van der Waals surface area contributed by atoms with E-state index in [1.165, 1.54) is 16.0 Å². The van der Waals surface area contributed by atoms with Crippen molar-refractivity contribution >= 4 is 27.3 Å². The molecule has 0 saturated heterocycles. The lowest BCUT2D eigenvalue weighted by Crippen LogP contribution is -2.21. The molecule has 2 heterocycles. The summed E-state index contributed by atoms with van der Waals surface area (Å²) in [6.07, 6.45) is -0.430. The van der Waals surface area contributed by atoms with Gasteiger partial charge in [-0.15, -0.1) is 0 Å². The van der Waals surface area contributed by atoms with Crippen LogP contribution in [0.2, 0.25) is 0 Å². The number of H-pyrrole nitrogens is 1. The molecule has 1 N–H and O–H groups in total. The molecule has 0 aliphatic heterocycles. The Morgan fingerprint density at radius 2 is 2.08 bits per heavy atom. The molecule has 3 aromatic rings. The molecule has 0 fully saturated rings. The Labute approximate surface area is 148 Å². The Morgan fingerprint density at radius 1 is 1.36 bits per heavy atom. The number of fused-ring (bicyclic) bond motifs is 1. The van der Waals surface area contributed by atoms with Gasteiger partial charge in [-0.3, -0.25) is 14.9 Å². The summed E-state index contributed by atoms with van der Waals surface area (Å²) in [6.45, 7) is 3.98. The Bertz CT molecular complexity index is 933. The van der Waals surface area contributed by atoms with Crippen molar-refractivity contribution < 1.29 is 9.47 Å². The lowest BCUT2D eigenvalue weighted by Gasteiger charge is -2.10. The van der Waals surface area contributed by atoms with Gasteiger partial charge in [-0.2, -0.15) is 4.68 Å². The number of nitrogens with one attached hydrogen (secondary N) is 1. The molecule has 7 nitrogen and oxygen atoms in total. The van der Waals surface area contributed by atoms with Crippen molar-refractivity contribution in [2.45, 2.75) is 20.1 Å². The Hall–Kier alpha value is -2.29. The molecule has 0 aliphatic carbocycles. The molecule has 2 aromatic heterocycles. The molecule has 3 rings (SSSR count). The highest BCUT2D eigenvalue weighted by molar-refractivity contribution is 7.20. The van der Waals surface area contributed by atoms with E-state index in [1.807, 2.05) is 38.1 Å². The van der Waals surface area contributed by atoms with Gasteiger partial charge < -0.3 is 9.47 Å². The van der Waals surface area contributed by atoms with Crippen LogP contribution in [0.15, 0.2) is 34.1 Å². The molecule has 0 amide bonds. The van der Waals surface area contributed by atoms with E-state index in [-0.39, 0.29) is 5.56 Å². The van der Waals surface area contributed by atoms with Gasteiger partial charge in [0.25, 0.3) is 5.56 Å². The van der Waals surface area contributed by atoms with E-state index in [0.29, 0.717) is 23.0 Å². The normalized spacial score (nSPS) is 12.4. The van der Waals surface area contributed by atoms with Gasteiger partial charge >= 0.3 is 0 Å². The summed E-state index contributed by atoms with van der Waals surface area (Å²) in [4.78, 5) is 21.8. The summed E-state index contributed by atoms with van der Waals surface area (Å²) in [5.74, 6) is 0. The number of aryl methyl sites for hydroxylation is 1. The molecule has 0 radical (unpaired) electrons. The number of hydrogen-bond donors (Lipinski definition) is 1. The zero-order valence-corrected chi connectivity index (χ0v) is 15.4. The zero-order chi connectivity index (χ0) is 18.0. The average molecular weight is 360 g/mol. The van der Waals surface area contributed by atoms with Crippen LogP contribution in [-0.4, -0.2) is 47.5 Å². The van der Waals surface area contributed by atoms with Crippen LogP contribution < -0.4 is 5.56 Å². The third kappa shape index (κ3) is 3.41. The van der Waals surface area contributed by atoms with Crippen molar-refractivity contribution in [3.8, 4) is 5.13 Å². The minimum absolute atomic E-state index is 0.163. The predicted octanol–water partition coefficient (Wildman–Crippen LogP) is 2.51. The number of para-hydroxylation sites is 1. The maximum Gasteiger partial charge on any atom is 0.282 e. The van der Waals surface area contributed by atoms with Crippen LogP contribution in [0.25, 0.3) is 15.3 Å². The number of aromatic nitrogens is 3. The van der Waals surface area contributed by atoms with E-state index < -0.39 is 6.29 Å². The molecule has 0 aliphatic rings. The number of thiazole rings is 1. The Kier molecular flexibility index (Phi) is 5.12. The SMILES string of the molecule is COC(CN=C(C)c1c(C)[nH]n(-c2nc3ccccc3s2)c1=O)OC. The highest BCUT2D eigenvalue weighted by Crippen LogP contribution is 2.23. The lowest BCUT2D eigenvalue weighted by atomic mass is 10.2. The highest BCUT2D eigenvalue weighted by atomic mass is 32.1. The Morgan fingerprint density at radius 3 is 2.76 bits per heavy atom. The molecule has 8 heteroatoms. The first-order chi connectivity index (χ1) is 12.0. The first kappa shape index (κ1) is 17.5. The lowest BCUT2D eigenvalue weighted by molar-refractivity contribution is -0.0936. The van der Waals surface area contributed by atoms with Crippen molar-refractivity contribution in [2.75, 3.05) is 20.8 Å². The van der Waals surface area contributed by atoms with E-state index in [4.69, 9.17) is 9.47 Å². The van der Waals surface area contributed by atoms with E-state index >= 15 is 0 Å². The van der Waals surface area contributed by atoms with Gasteiger partial charge in [-0.25, -0.2) is 4.98 Å². The number of methoxy groups -OCH3 is 2. The van der Waals surface area contributed by atoms with Crippen molar-refractivity contribution in [3.63, 3.8) is 0 Å². The van der Waals surface area contributed by atoms with Gasteiger partial charge in [0.1, 0.15) is 0 Å². The summed E-state index contributed by atoms with van der Waals surface area (Å²) in [5.41, 5.74) is 2.64. The monoisotopic (exact) mass is 360 g/mol. The fourth-order valence-electron chi connectivity index (χ4n) is 2.60. The number of benzene rings is 1. The van der Waals surface area contributed by atoms with Gasteiger partial charge in [-0.1, -0.05) is 23.5 Å². The van der Waals surface area contributed by atoms with E-state index in [9.17, 15) is 4.79 Å². The molecule has 0 spiro atoms. The molecule has 0 saturated carbocycles. The Balaban J connectivity index is 1.98. The van der Waals surface area contributed by atoms with Crippen LogP contribution in [0.4, 0.5) is 0 Å². The maximum atomic E-state index is 12.8. The van der Waals surface area contributed by atoms with Gasteiger partial charge in [0.05, 0.1) is 22.3 Å². The van der Waals surface area contributed by atoms with Gasteiger partial charge in [0, 0.05) is 25.6 Å². The van der Waals surface area contributed by atoms with Crippen LogP contribution in [0.5, 0.6) is 0 Å². The number of nitrogens with zero attached hydrogens (tertiary/aromatic N) is 3. The van der Waals surface area contributed by atoms with Crippen molar-refractivity contribution in [1.29, 1.82) is 0 Å². The number of rotatable bonds is 6. The smallest absolute Gasteiger partial charge is 0.282 e. The molecule has 25 heavy (non-hydrogen) atoms. The first-order valence-electron chi connectivity index (χ1n) is 7.79. The van der Waals surface area contributed by atoms with Crippen LogP contribution in [0, 0.1) is 6.92 Å². The summed E-state index contributed by atoms with van der Waals surface area (Å²) < 4.78 is 12.8. The predicted molar refractivity (Wildman–Crippen MR) is 99.2 cm³/mol. The van der Waals surface area contributed by atoms with E-state index in [1.54, 1.807) is 14.2 Å². The third-order valence-electron chi connectivity index (χ3n) is 3.91. The first-order valence-corrected chi connectivity index (χ1v) is 8.61. The second-order valence-corrected chi connectivity index (χ2v) is 6.55. The fourth-order valence-corrected chi connectivity index (χ4v) is 3.52. The summed E-state index contributed by atoms with van der Waals surface area (Å²) in [6, 6.07) is 7.80. The molecular formula is C17H20N4O3S. The molecular weight excluding hydrogens is 340 g/mol. The maximum absolute atomic E-state index is 12.8. The molecule has 0 unspecified atom stereocenters. The highest BCUT2D eigenvalue weighted by Gasteiger charge is 2.17. The summed E-state index contributed by atoms with van der Waals surface area (Å²) in [7, 11) is 3.11.